The molecule has 24 heavy (non-hydrogen) atoms. The second-order valence-corrected chi connectivity index (χ2v) is 5.42. The average molecular weight is 322 g/mol. The number of rotatable bonds is 5. The minimum Gasteiger partial charge on any atom is -0.480 e. The number of carbonyl (C=O) groups excluding carboxylic acids is 1. The molecule has 5 nitrogen and oxygen atoms in total. The second kappa shape index (κ2) is 7.00. The summed E-state index contributed by atoms with van der Waals surface area (Å²) in [5.74, 6) is 1.70. The molecule has 1 N–H and O–H groups in total. The van der Waals surface area contributed by atoms with E-state index in [0.717, 1.165) is 16.5 Å². The Balaban J connectivity index is 1.64. The molecule has 3 rings (SSSR count). The minimum atomic E-state index is -0.675. The molecule has 0 spiro atoms. The van der Waals surface area contributed by atoms with E-state index in [1.807, 2.05) is 55.5 Å². The number of fused-ring (bicyclic) bond motifs is 1. The molecule has 1 atom stereocenters. The number of ether oxygens (including phenoxy) is 1. The standard InChI is InChI=1S/C19H18N2O3/c1-13-10-11-16(23-13)12-20-21-19(22)14(2)24-18-9-5-7-15-6-3-4-8-17(15)18/h3-12,14H,1-2H3,(H,21,22)/b20-12+. The van der Waals surface area contributed by atoms with Gasteiger partial charge in [-0.05, 0) is 37.4 Å². The number of carbonyl (C=O) groups is 1. The molecule has 1 aromatic heterocycles. The van der Waals surface area contributed by atoms with Crippen molar-refractivity contribution >= 4 is 22.9 Å². The van der Waals surface area contributed by atoms with Crippen LogP contribution < -0.4 is 10.2 Å². The van der Waals surface area contributed by atoms with Crippen molar-refractivity contribution in [1.82, 2.24) is 5.43 Å². The number of hydrogen-bond donors (Lipinski definition) is 1. The molecule has 1 amide bonds. The third kappa shape index (κ3) is 3.63. The lowest BCUT2D eigenvalue weighted by Gasteiger charge is -2.14. The SMILES string of the molecule is Cc1ccc(/C=N/NC(=O)C(C)Oc2cccc3ccccc23)o1. The van der Waals surface area contributed by atoms with Crippen LogP contribution in [0.25, 0.3) is 10.8 Å². The van der Waals surface area contributed by atoms with Crippen LogP contribution in [0.1, 0.15) is 18.4 Å². The normalized spacial score (nSPS) is 12.4. The fourth-order valence-electron chi connectivity index (χ4n) is 2.32. The van der Waals surface area contributed by atoms with Crippen LogP contribution in [0.4, 0.5) is 0 Å². The summed E-state index contributed by atoms with van der Waals surface area (Å²) in [6, 6.07) is 17.2. The van der Waals surface area contributed by atoms with Gasteiger partial charge in [0.15, 0.2) is 6.10 Å². The summed E-state index contributed by atoms with van der Waals surface area (Å²) in [7, 11) is 0. The first-order chi connectivity index (χ1) is 11.6. The van der Waals surface area contributed by atoms with Gasteiger partial charge in [-0.3, -0.25) is 4.79 Å². The number of benzene rings is 2. The third-order valence-electron chi connectivity index (χ3n) is 3.55. The average Bonchev–Trinajstić information content (AvgIpc) is 3.00. The molecule has 0 radical (unpaired) electrons. The molecule has 3 aromatic rings. The number of furan rings is 1. The Hall–Kier alpha value is -3.08. The molecule has 0 fully saturated rings. The lowest BCUT2D eigenvalue weighted by Crippen LogP contribution is -2.33. The maximum atomic E-state index is 12.1. The summed E-state index contributed by atoms with van der Waals surface area (Å²) in [4.78, 5) is 12.1. The predicted octanol–water partition coefficient (Wildman–Crippen LogP) is 3.66. The van der Waals surface area contributed by atoms with Crippen molar-refractivity contribution in [2.75, 3.05) is 0 Å². The number of amides is 1. The maximum absolute atomic E-state index is 12.1. The van der Waals surface area contributed by atoms with Crippen LogP contribution in [0.15, 0.2) is 64.1 Å². The lowest BCUT2D eigenvalue weighted by atomic mass is 10.1. The first kappa shape index (κ1) is 15.8. The summed E-state index contributed by atoms with van der Waals surface area (Å²) in [6.07, 6.45) is 0.779. The first-order valence-corrected chi connectivity index (χ1v) is 7.67. The molecule has 5 heteroatoms. The quantitative estimate of drug-likeness (QED) is 0.576. The predicted molar refractivity (Wildman–Crippen MR) is 93.2 cm³/mol. The van der Waals surface area contributed by atoms with E-state index >= 15 is 0 Å². The van der Waals surface area contributed by atoms with Crippen LogP contribution in [-0.4, -0.2) is 18.2 Å². The summed E-state index contributed by atoms with van der Waals surface area (Å²) in [5.41, 5.74) is 2.45. The van der Waals surface area contributed by atoms with Crippen molar-refractivity contribution in [2.45, 2.75) is 20.0 Å². The van der Waals surface area contributed by atoms with Gasteiger partial charge in [0.05, 0.1) is 6.21 Å². The molecule has 0 bridgehead atoms. The smallest absolute Gasteiger partial charge is 0.280 e. The number of nitrogens with one attached hydrogen (secondary N) is 1. The number of nitrogens with zero attached hydrogens (tertiary/aromatic N) is 1. The van der Waals surface area contributed by atoms with Gasteiger partial charge in [0, 0.05) is 5.39 Å². The Bertz CT molecular complexity index is 878. The van der Waals surface area contributed by atoms with E-state index in [1.54, 1.807) is 13.0 Å². The van der Waals surface area contributed by atoms with Crippen molar-refractivity contribution in [3.8, 4) is 5.75 Å². The Kier molecular flexibility index (Phi) is 4.61. The Labute approximate surface area is 139 Å². The lowest BCUT2D eigenvalue weighted by molar-refractivity contribution is -0.127. The van der Waals surface area contributed by atoms with Gasteiger partial charge in [-0.2, -0.15) is 5.10 Å². The molecule has 1 unspecified atom stereocenters. The number of hydrogen-bond acceptors (Lipinski definition) is 4. The zero-order valence-corrected chi connectivity index (χ0v) is 13.5. The van der Waals surface area contributed by atoms with Crippen LogP contribution in [0.3, 0.4) is 0 Å². The van der Waals surface area contributed by atoms with Crippen LogP contribution >= 0.6 is 0 Å². The van der Waals surface area contributed by atoms with E-state index in [-0.39, 0.29) is 5.91 Å². The second-order valence-electron chi connectivity index (χ2n) is 5.42. The van der Waals surface area contributed by atoms with Gasteiger partial charge < -0.3 is 9.15 Å². The zero-order chi connectivity index (χ0) is 16.9. The topological polar surface area (TPSA) is 63.8 Å². The van der Waals surface area contributed by atoms with E-state index in [0.29, 0.717) is 11.5 Å². The van der Waals surface area contributed by atoms with Gasteiger partial charge in [-0.15, -0.1) is 0 Å². The molecule has 2 aromatic carbocycles. The molecule has 0 saturated carbocycles. The highest BCUT2D eigenvalue weighted by atomic mass is 16.5. The van der Waals surface area contributed by atoms with Gasteiger partial charge in [-0.1, -0.05) is 36.4 Å². The van der Waals surface area contributed by atoms with Crippen molar-refractivity contribution in [1.29, 1.82) is 0 Å². The van der Waals surface area contributed by atoms with Gasteiger partial charge >= 0.3 is 0 Å². The summed E-state index contributed by atoms with van der Waals surface area (Å²) >= 11 is 0. The van der Waals surface area contributed by atoms with E-state index in [2.05, 4.69) is 10.5 Å². The highest BCUT2D eigenvalue weighted by Gasteiger charge is 2.15. The van der Waals surface area contributed by atoms with Crippen molar-refractivity contribution in [3.05, 3.63) is 66.1 Å². The fraction of sp³-hybridized carbons (Fsp3) is 0.158. The van der Waals surface area contributed by atoms with Gasteiger partial charge in [0.25, 0.3) is 5.91 Å². The number of aryl methyl sites for hydroxylation is 1. The maximum Gasteiger partial charge on any atom is 0.280 e. The third-order valence-corrected chi connectivity index (χ3v) is 3.55. The highest BCUT2D eigenvalue weighted by molar-refractivity contribution is 5.89. The number of hydrazone groups is 1. The Morgan fingerprint density at radius 3 is 2.75 bits per heavy atom. The summed E-state index contributed by atoms with van der Waals surface area (Å²) in [6.45, 7) is 3.53. The van der Waals surface area contributed by atoms with Crippen LogP contribution in [0.5, 0.6) is 5.75 Å². The van der Waals surface area contributed by atoms with Crippen LogP contribution in [0, 0.1) is 6.92 Å². The minimum absolute atomic E-state index is 0.331. The van der Waals surface area contributed by atoms with E-state index < -0.39 is 6.10 Å². The molecule has 0 saturated heterocycles. The van der Waals surface area contributed by atoms with E-state index in [4.69, 9.17) is 9.15 Å². The Morgan fingerprint density at radius 2 is 1.96 bits per heavy atom. The molecule has 122 valence electrons. The molecular formula is C19H18N2O3. The van der Waals surface area contributed by atoms with Crippen LogP contribution in [-0.2, 0) is 4.79 Å². The largest absolute Gasteiger partial charge is 0.480 e. The first-order valence-electron chi connectivity index (χ1n) is 7.67. The highest BCUT2D eigenvalue weighted by Crippen LogP contribution is 2.25. The fourth-order valence-corrected chi connectivity index (χ4v) is 2.32. The van der Waals surface area contributed by atoms with Crippen LogP contribution in [0.2, 0.25) is 0 Å². The van der Waals surface area contributed by atoms with Crippen molar-refractivity contribution < 1.29 is 13.9 Å². The van der Waals surface area contributed by atoms with Gasteiger partial charge in [0.1, 0.15) is 17.3 Å². The summed E-state index contributed by atoms with van der Waals surface area (Å²) in [5, 5.41) is 5.91. The summed E-state index contributed by atoms with van der Waals surface area (Å²) < 4.78 is 11.1. The van der Waals surface area contributed by atoms with Gasteiger partial charge in [-0.25, -0.2) is 5.43 Å². The van der Waals surface area contributed by atoms with Crippen molar-refractivity contribution in [2.24, 2.45) is 5.10 Å². The molecular weight excluding hydrogens is 304 g/mol. The van der Waals surface area contributed by atoms with Gasteiger partial charge in [0.2, 0.25) is 0 Å². The van der Waals surface area contributed by atoms with E-state index in [9.17, 15) is 4.79 Å². The monoisotopic (exact) mass is 322 g/mol. The molecule has 0 aliphatic carbocycles. The molecule has 0 aliphatic rings. The Morgan fingerprint density at radius 1 is 1.17 bits per heavy atom. The van der Waals surface area contributed by atoms with Crippen molar-refractivity contribution in [3.63, 3.8) is 0 Å². The zero-order valence-electron chi connectivity index (χ0n) is 13.5. The molecule has 0 aliphatic heterocycles. The molecule has 1 heterocycles. The van der Waals surface area contributed by atoms with E-state index in [1.165, 1.54) is 6.21 Å².